The molecule has 2 N–H and O–H groups in total. The number of benzene rings is 1. The van der Waals surface area contributed by atoms with E-state index in [4.69, 9.17) is 9.84 Å². The number of carboxylic acids is 1. The van der Waals surface area contributed by atoms with Crippen LogP contribution in [-0.2, 0) is 16.1 Å². The summed E-state index contributed by atoms with van der Waals surface area (Å²) in [6, 6.07) is 6.47. The number of hydrogen-bond donors (Lipinski definition) is 2. The number of carboxylic acid groups (broad SMARTS) is 1. The average molecular weight is 361 g/mol. The number of aromatic nitrogens is 2. The molecule has 0 aliphatic rings. The molecule has 1 heterocycles. The highest BCUT2D eigenvalue weighted by Gasteiger charge is 2.11. The highest BCUT2D eigenvalue weighted by Crippen LogP contribution is 2.18. The Morgan fingerprint density at radius 1 is 1.16 bits per heavy atom. The fourth-order valence-electron chi connectivity index (χ4n) is 2.22. The quantitative estimate of drug-likeness (QED) is 0.577. The van der Waals surface area contributed by atoms with E-state index in [9.17, 15) is 9.59 Å². The zero-order valence-electron chi connectivity index (χ0n) is 14.2. The summed E-state index contributed by atoms with van der Waals surface area (Å²) in [6.45, 7) is 4.00. The van der Waals surface area contributed by atoms with E-state index in [1.54, 1.807) is 6.07 Å². The molecule has 25 heavy (non-hydrogen) atoms. The molecule has 2 aromatic rings. The summed E-state index contributed by atoms with van der Waals surface area (Å²) in [5.41, 5.74) is 2.86. The molecule has 0 atom stereocenters. The van der Waals surface area contributed by atoms with Crippen molar-refractivity contribution in [3.8, 4) is 0 Å². The number of carbonyl (C=O) groups excluding carboxylic acids is 1. The summed E-state index contributed by atoms with van der Waals surface area (Å²) in [5.74, 6) is -1.20. The van der Waals surface area contributed by atoms with Crippen LogP contribution < -0.4 is 5.32 Å². The summed E-state index contributed by atoms with van der Waals surface area (Å²) in [5, 5.41) is 12.4. The van der Waals surface area contributed by atoms with Crippen molar-refractivity contribution in [3.63, 3.8) is 0 Å². The number of aromatic carboxylic acids is 1. The van der Waals surface area contributed by atoms with E-state index in [1.165, 1.54) is 31.0 Å². The zero-order chi connectivity index (χ0) is 18.4. The lowest BCUT2D eigenvalue weighted by Gasteiger charge is -2.09. The van der Waals surface area contributed by atoms with Gasteiger partial charge in [-0.1, -0.05) is 11.8 Å². The van der Waals surface area contributed by atoms with Gasteiger partial charge in [-0.2, -0.15) is 0 Å². The maximum Gasteiger partial charge on any atom is 0.335 e. The SMILES string of the molecule is COCc1cc(NC(=O)CSc2nc(C)cc(C)n2)cc(C(=O)O)c1. The number of nitrogens with one attached hydrogen (secondary N) is 1. The van der Waals surface area contributed by atoms with Crippen molar-refractivity contribution >= 4 is 29.3 Å². The van der Waals surface area contributed by atoms with Crippen LogP contribution in [0.25, 0.3) is 0 Å². The van der Waals surface area contributed by atoms with Crippen LogP contribution in [0.4, 0.5) is 5.69 Å². The average Bonchev–Trinajstić information content (AvgIpc) is 2.52. The van der Waals surface area contributed by atoms with E-state index < -0.39 is 5.97 Å². The maximum atomic E-state index is 12.1. The van der Waals surface area contributed by atoms with Gasteiger partial charge in [-0.15, -0.1) is 0 Å². The minimum atomic E-state index is -1.06. The Kier molecular flexibility index (Phi) is 6.49. The van der Waals surface area contributed by atoms with Gasteiger partial charge in [-0.3, -0.25) is 4.79 Å². The molecule has 1 aromatic heterocycles. The highest BCUT2D eigenvalue weighted by atomic mass is 32.2. The van der Waals surface area contributed by atoms with E-state index >= 15 is 0 Å². The second-order valence-corrected chi connectivity index (χ2v) is 6.37. The smallest absolute Gasteiger partial charge is 0.335 e. The highest BCUT2D eigenvalue weighted by molar-refractivity contribution is 7.99. The minimum absolute atomic E-state index is 0.0927. The molecule has 0 bridgehead atoms. The van der Waals surface area contributed by atoms with Gasteiger partial charge < -0.3 is 15.2 Å². The predicted molar refractivity (Wildman–Crippen MR) is 95.0 cm³/mol. The number of amides is 1. The Balaban J connectivity index is 2.05. The molecule has 0 aliphatic heterocycles. The second kappa shape index (κ2) is 8.59. The van der Waals surface area contributed by atoms with Gasteiger partial charge in [0, 0.05) is 24.2 Å². The van der Waals surface area contributed by atoms with Gasteiger partial charge in [-0.25, -0.2) is 14.8 Å². The van der Waals surface area contributed by atoms with Gasteiger partial charge in [0.15, 0.2) is 5.16 Å². The minimum Gasteiger partial charge on any atom is -0.478 e. The summed E-state index contributed by atoms with van der Waals surface area (Å²) < 4.78 is 5.02. The number of hydrogen-bond acceptors (Lipinski definition) is 6. The number of carbonyl (C=O) groups is 2. The maximum absolute atomic E-state index is 12.1. The molecule has 0 unspecified atom stereocenters. The van der Waals surface area contributed by atoms with E-state index in [-0.39, 0.29) is 23.8 Å². The lowest BCUT2D eigenvalue weighted by atomic mass is 10.1. The van der Waals surface area contributed by atoms with Crippen LogP contribution >= 0.6 is 11.8 Å². The first-order valence-electron chi connectivity index (χ1n) is 7.48. The first kappa shape index (κ1) is 18.9. The van der Waals surface area contributed by atoms with Crippen LogP contribution in [0.5, 0.6) is 0 Å². The molecule has 0 fully saturated rings. The van der Waals surface area contributed by atoms with Crippen molar-refractivity contribution in [2.75, 3.05) is 18.2 Å². The van der Waals surface area contributed by atoms with Crippen LogP contribution in [-0.4, -0.2) is 39.8 Å². The van der Waals surface area contributed by atoms with Crippen LogP contribution in [0, 0.1) is 13.8 Å². The molecule has 0 spiro atoms. The van der Waals surface area contributed by atoms with Gasteiger partial charge in [0.2, 0.25) is 5.91 Å². The summed E-state index contributed by atoms with van der Waals surface area (Å²) in [4.78, 5) is 31.9. The first-order chi connectivity index (χ1) is 11.9. The molecule has 2 rings (SSSR count). The van der Waals surface area contributed by atoms with E-state index in [1.807, 2.05) is 19.9 Å². The number of methoxy groups -OCH3 is 1. The second-order valence-electron chi connectivity index (χ2n) is 5.43. The van der Waals surface area contributed by atoms with Crippen molar-refractivity contribution < 1.29 is 19.4 Å². The van der Waals surface area contributed by atoms with Crippen LogP contribution in [0.2, 0.25) is 0 Å². The molecule has 8 heteroatoms. The third-order valence-corrected chi connectivity index (χ3v) is 3.98. The van der Waals surface area contributed by atoms with E-state index in [0.717, 1.165) is 11.4 Å². The zero-order valence-corrected chi connectivity index (χ0v) is 15.0. The van der Waals surface area contributed by atoms with E-state index in [2.05, 4.69) is 15.3 Å². The van der Waals surface area contributed by atoms with Crippen molar-refractivity contribution in [3.05, 3.63) is 46.8 Å². The Hall–Kier alpha value is -2.45. The van der Waals surface area contributed by atoms with Gasteiger partial charge in [0.05, 0.1) is 17.9 Å². The molecule has 0 aliphatic carbocycles. The molecular formula is C17H19N3O4S. The van der Waals surface area contributed by atoms with Crippen LogP contribution in [0.15, 0.2) is 29.4 Å². The molecule has 1 aromatic carbocycles. The standard InChI is InChI=1S/C17H19N3O4S/c1-10-4-11(2)19-17(18-10)25-9-15(21)20-14-6-12(8-24-3)5-13(7-14)16(22)23/h4-7H,8-9H2,1-3H3,(H,20,21)(H,22,23). The number of ether oxygens (including phenoxy) is 1. The molecule has 1 amide bonds. The van der Waals surface area contributed by atoms with Crippen molar-refractivity contribution in [2.45, 2.75) is 25.6 Å². The van der Waals surface area contributed by atoms with Gasteiger partial charge in [0.25, 0.3) is 0 Å². The molecule has 0 saturated carbocycles. The number of aryl methyl sites for hydroxylation is 2. The molecular weight excluding hydrogens is 342 g/mol. The normalized spacial score (nSPS) is 10.5. The summed E-state index contributed by atoms with van der Waals surface area (Å²) in [6.07, 6.45) is 0. The van der Waals surface area contributed by atoms with E-state index in [0.29, 0.717) is 16.4 Å². The topological polar surface area (TPSA) is 101 Å². The third kappa shape index (κ3) is 5.84. The Labute approximate surface area is 149 Å². The molecule has 0 radical (unpaired) electrons. The van der Waals surface area contributed by atoms with Gasteiger partial charge in [-0.05, 0) is 43.7 Å². The van der Waals surface area contributed by atoms with Crippen LogP contribution in [0.3, 0.4) is 0 Å². The molecule has 7 nitrogen and oxygen atoms in total. The largest absolute Gasteiger partial charge is 0.478 e. The molecule has 0 saturated heterocycles. The third-order valence-electron chi connectivity index (χ3n) is 3.13. The van der Waals surface area contributed by atoms with Crippen LogP contribution in [0.1, 0.15) is 27.3 Å². The number of anilines is 1. The fourth-order valence-corrected chi connectivity index (χ4v) is 2.97. The molecule has 132 valence electrons. The van der Waals surface area contributed by atoms with Gasteiger partial charge in [0.1, 0.15) is 0 Å². The number of rotatable bonds is 7. The Bertz CT molecular complexity index is 775. The summed E-state index contributed by atoms with van der Waals surface area (Å²) >= 11 is 1.23. The van der Waals surface area contributed by atoms with Crippen molar-refractivity contribution in [2.24, 2.45) is 0 Å². The first-order valence-corrected chi connectivity index (χ1v) is 8.47. The Morgan fingerprint density at radius 2 is 1.84 bits per heavy atom. The predicted octanol–water partition coefficient (Wildman–Crippen LogP) is 2.67. The monoisotopic (exact) mass is 361 g/mol. The van der Waals surface area contributed by atoms with Gasteiger partial charge >= 0.3 is 5.97 Å². The lowest BCUT2D eigenvalue weighted by Crippen LogP contribution is -2.15. The number of nitrogens with zero attached hydrogens (tertiary/aromatic N) is 2. The van der Waals surface area contributed by atoms with Crippen molar-refractivity contribution in [1.82, 2.24) is 9.97 Å². The number of thioether (sulfide) groups is 1. The van der Waals surface area contributed by atoms with Crippen molar-refractivity contribution in [1.29, 1.82) is 0 Å². The summed E-state index contributed by atoms with van der Waals surface area (Å²) in [7, 11) is 1.52. The Morgan fingerprint density at radius 3 is 2.44 bits per heavy atom. The lowest BCUT2D eigenvalue weighted by molar-refractivity contribution is -0.113. The fraction of sp³-hybridized carbons (Fsp3) is 0.294.